The first-order valence-electron chi connectivity index (χ1n) is 9.82. The zero-order chi connectivity index (χ0) is 19.4. The summed E-state index contributed by atoms with van der Waals surface area (Å²) in [5.41, 5.74) is 2.50. The third kappa shape index (κ3) is 4.71. The smallest absolute Gasteiger partial charge is 0.251 e. The predicted molar refractivity (Wildman–Crippen MR) is 105 cm³/mol. The van der Waals surface area contributed by atoms with Crippen molar-refractivity contribution in [1.82, 2.24) is 30.4 Å². The number of nitrogens with one attached hydrogen (secondary N) is 1. The van der Waals surface area contributed by atoms with E-state index < -0.39 is 0 Å². The zero-order valence-corrected chi connectivity index (χ0v) is 16.7. The standard InChI is InChI=1S/C20H30N6O/c1-14(2)19(25-9-7-15(3)8-10-25)12-21-20(27)17-5-6-18(16(4)11-17)26-13-22-23-24-26/h5-6,11,13-15,19H,7-10,12H2,1-4H3,(H,21,27). The maximum absolute atomic E-state index is 12.7. The van der Waals surface area contributed by atoms with Gasteiger partial charge in [0, 0.05) is 18.2 Å². The quantitative estimate of drug-likeness (QED) is 0.845. The van der Waals surface area contributed by atoms with E-state index in [0.29, 0.717) is 24.1 Å². The molecule has 7 heteroatoms. The Hall–Kier alpha value is -2.28. The molecule has 27 heavy (non-hydrogen) atoms. The second-order valence-corrected chi connectivity index (χ2v) is 8.00. The largest absolute Gasteiger partial charge is 0.350 e. The molecule has 7 nitrogen and oxygen atoms in total. The lowest BCUT2D eigenvalue weighted by atomic mass is 9.94. The number of nitrogens with zero attached hydrogens (tertiary/aromatic N) is 5. The molecule has 1 aromatic heterocycles. The van der Waals surface area contributed by atoms with Gasteiger partial charge in [0.05, 0.1) is 5.69 Å². The molecule has 1 saturated heterocycles. The first-order chi connectivity index (χ1) is 13.0. The van der Waals surface area contributed by atoms with Crippen molar-refractivity contribution in [3.8, 4) is 5.69 Å². The van der Waals surface area contributed by atoms with Crippen molar-refractivity contribution in [2.75, 3.05) is 19.6 Å². The average molecular weight is 371 g/mol. The van der Waals surface area contributed by atoms with Crippen LogP contribution in [0.25, 0.3) is 5.69 Å². The third-order valence-electron chi connectivity index (χ3n) is 5.58. The van der Waals surface area contributed by atoms with E-state index >= 15 is 0 Å². The second kappa shape index (κ2) is 8.61. The summed E-state index contributed by atoms with van der Waals surface area (Å²) >= 11 is 0. The highest BCUT2D eigenvalue weighted by atomic mass is 16.1. The van der Waals surface area contributed by atoms with Gasteiger partial charge in [-0.25, -0.2) is 4.68 Å². The van der Waals surface area contributed by atoms with Crippen LogP contribution in [0, 0.1) is 18.8 Å². The van der Waals surface area contributed by atoms with Crippen LogP contribution < -0.4 is 5.32 Å². The van der Waals surface area contributed by atoms with Crippen LogP contribution in [0.15, 0.2) is 24.5 Å². The molecule has 1 amide bonds. The number of benzene rings is 1. The summed E-state index contributed by atoms with van der Waals surface area (Å²) in [7, 11) is 0. The van der Waals surface area contributed by atoms with Gasteiger partial charge in [-0.1, -0.05) is 20.8 Å². The van der Waals surface area contributed by atoms with Crippen molar-refractivity contribution >= 4 is 5.91 Å². The minimum absolute atomic E-state index is 0.0302. The average Bonchev–Trinajstić information content (AvgIpc) is 3.17. The Morgan fingerprint density at radius 2 is 2.04 bits per heavy atom. The maximum Gasteiger partial charge on any atom is 0.251 e. The Labute approximate surface area is 161 Å². The van der Waals surface area contributed by atoms with E-state index in [4.69, 9.17) is 0 Å². The molecule has 2 aromatic rings. The van der Waals surface area contributed by atoms with Crippen LogP contribution in [0.1, 0.15) is 49.5 Å². The predicted octanol–water partition coefficient (Wildman–Crippen LogP) is 2.46. The van der Waals surface area contributed by atoms with Gasteiger partial charge in [-0.3, -0.25) is 9.69 Å². The molecule has 1 unspecified atom stereocenters. The fourth-order valence-electron chi connectivity index (χ4n) is 3.77. The highest BCUT2D eigenvalue weighted by Crippen LogP contribution is 2.21. The van der Waals surface area contributed by atoms with Gasteiger partial charge in [0.2, 0.25) is 0 Å². The topological polar surface area (TPSA) is 75.9 Å². The van der Waals surface area contributed by atoms with Gasteiger partial charge in [-0.2, -0.15) is 0 Å². The number of rotatable bonds is 6. The SMILES string of the molecule is Cc1cc(C(=O)NCC(C(C)C)N2CCC(C)CC2)ccc1-n1cnnn1. The Kier molecular flexibility index (Phi) is 6.21. The minimum atomic E-state index is -0.0302. The molecule has 1 N–H and O–H groups in total. The second-order valence-electron chi connectivity index (χ2n) is 8.00. The number of carbonyl (C=O) groups is 1. The molecule has 0 bridgehead atoms. The van der Waals surface area contributed by atoms with E-state index in [1.54, 1.807) is 11.0 Å². The van der Waals surface area contributed by atoms with Crippen molar-refractivity contribution in [2.45, 2.75) is 46.6 Å². The zero-order valence-electron chi connectivity index (χ0n) is 16.7. The van der Waals surface area contributed by atoms with Crippen LogP contribution in [0.5, 0.6) is 0 Å². The van der Waals surface area contributed by atoms with Crippen LogP contribution in [-0.2, 0) is 0 Å². The highest BCUT2D eigenvalue weighted by molar-refractivity contribution is 5.94. The first-order valence-corrected chi connectivity index (χ1v) is 9.82. The highest BCUT2D eigenvalue weighted by Gasteiger charge is 2.26. The van der Waals surface area contributed by atoms with Crippen LogP contribution in [0.2, 0.25) is 0 Å². The number of likely N-dealkylation sites (tertiary alicyclic amines) is 1. The van der Waals surface area contributed by atoms with E-state index in [1.165, 1.54) is 12.8 Å². The molecular formula is C20H30N6O. The molecule has 1 aliphatic heterocycles. The molecule has 3 rings (SSSR count). The van der Waals surface area contributed by atoms with Crippen LogP contribution in [0.3, 0.4) is 0 Å². The van der Waals surface area contributed by atoms with E-state index in [0.717, 1.165) is 30.3 Å². The number of amides is 1. The molecule has 1 aromatic carbocycles. The fourth-order valence-corrected chi connectivity index (χ4v) is 3.77. The minimum Gasteiger partial charge on any atom is -0.350 e. The molecule has 2 heterocycles. The van der Waals surface area contributed by atoms with Crippen molar-refractivity contribution < 1.29 is 4.79 Å². The van der Waals surface area contributed by atoms with Gasteiger partial charge in [-0.05, 0) is 78.9 Å². The van der Waals surface area contributed by atoms with Gasteiger partial charge < -0.3 is 5.32 Å². The van der Waals surface area contributed by atoms with E-state index in [9.17, 15) is 4.79 Å². The summed E-state index contributed by atoms with van der Waals surface area (Å²) in [5, 5.41) is 14.4. The van der Waals surface area contributed by atoms with Gasteiger partial charge in [0.25, 0.3) is 5.91 Å². The Bertz CT molecular complexity index is 750. The molecule has 0 aliphatic carbocycles. The number of hydrogen-bond donors (Lipinski definition) is 1. The van der Waals surface area contributed by atoms with Crippen molar-refractivity contribution in [3.05, 3.63) is 35.7 Å². The Morgan fingerprint density at radius 1 is 1.30 bits per heavy atom. The summed E-state index contributed by atoms with van der Waals surface area (Å²) in [5.74, 6) is 1.28. The van der Waals surface area contributed by atoms with Gasteiger partial charge in [-0.15, -0.1) is 5.10 Å². The molecule has 146 valence electrons. The van der Waals surface area contributed by atoms with Crippen LogP contribution >= 0.6 is 0 Å². The normalized spacial score (nSPS) is 17.2. The van der Waals surface area contributed by atoms with Crippen molar-refractivity contribution in [3.63, 3.8) is 0 Å². The summed E-state index contributed by atoms with van der Waals surface area (Å²) in [6.07, 6.45) is 4.04. The lowest BCUT2D eigenvalue weighted by Gasteiger charge is -2.38. The lowest BCUT2D eigenvalue weighted by Crippen LogP contribution is -2.49. The Balaban J connectivity index is 1.63. The van der Waals surface area contributed by atoms with Crippen LogP contribution in [0.4, 0.5) is 0 Å². The first kappa shape index (κ1) is 19.5. The number of tetrazole rings is 1. The summed E-state index contributed by atoms with van der Waals surface area (Å²) in [4.78, 5) is 15.2. The van der Waals surface area contributed by atoms with E-state index in [1.807, 2.05) is 25.1 Å². The third-order valence-corrected chi connectivity index (χ3v) is 5.58. The van der Waals surface area contributed by atoms with E-state index in [2.05, 4.69) is 46.5 Å². The molecule has 0 spiro atoms. The summed E-state index contributed by atoms with van der Waals surface area (Å²) in [6.45, 7) is 11.7. The number of aryl methyl sites for hydroxylation is 1. The number of carbonyl (C=O) groups excluding carboxylic acids is 1. The molecule has 1 atom stereocenters. The van der Waals surface area contributed by atoms with Gasteiger partial charge in [0.15, 0.2) is 0 Å². The Morgan fingerprint density at radius 3 is 2.63 bits per heavy atom. The van der Waals surface area contributed by atoms with E-state index in [-0.39, 0.29) is 5.91 Å². The monoisotopic (exact) mass is 370 g/mol. The summed E-state index contributed by atoms with van der Waals surface area (Å²) < 4.78 is 1.60. The number of piperidine rings is 1. The van der Waals surface area contributed by atoms with Gasteiger partial charge in [0.1, 0.15) is 6.33 Å². The molecular weight excluding hydrogens is 340 g/mol. The maximum atomic E-state index is 12.7. The molecule has 0 saturated carbocycles. The summed E-state index contributed by atoms with van der Waals surface area (Å²) in [6, 6.07) is 5.97. The lowest BCUT2D eigenvalue weighted by molar-refractivity contribution is 0.0863. The van der Waals surface area contributed by atoms with Crippen LogP contribution in [-0.4, -0.2) is 56.7 Å². The number of hydrogen-bond acceptors (Lipinski definition) is 5. The molecule has 1 aliphatic rings. The molecule has 0 radical (unpaired) electrons. The van der Waals surface area contributed by atoms with Crippen molar-refractivity contribution in [2.24, 2.45) is 11.8 Å². The molecule has 1 fully saturated rings. The van der Waals surface area contributed by atoms with Gasteiger partial charge >= 0.3 is 0 Å². The van der Waals surface area contributed by atoms with Crippen molar-refractivity contribution in [1.29, 1.82) is 0 Å². The number of aromatic nitrogens is 4. The fraction of sp³-hybridized carbons (Fsp3) is 0.600.